The highest BCUT2D eigenvalue weighted by molar-refractivity contribution is 9.10. The lowest BCUT2D eigenvalue weighted by atomic mass is 9.99. The second kappa shape index (κ2) is 6.33. The summed E-state index contributed by atoms with van der Waals surface area (Å²) >= 11 is 3.35. The Morgan fingerprint density at radius 2 is 2.21 bits per heavy atom. The highest BCUT2D eigenvalue weighted by Gasteiger charge is 2.27. The van der Waals surface area contributed by atoms with Crippen LogP contribution in [-0.2, 0) is 6.54 Å². The lowest BCUT2D eigenvalue weighted by molar-refractivity contribution is 0.116. The summed E-state index contributed by atoms with van der Waals surface area (Å²) in [6, 6.07) is 6.26. The van der Waals surface area contributed by atoms with Gasteiger partial charge in [0.15, 0.2) is 0 Å². The number of halogens is 2. The van der Waals surface area contributed by atoms with Crippen LogP contribution in [0.15, 0.2) is 22.7 Å². The summed E-state index contributed by atoms with van der Waals surface area (Å²) < 4.78 is 14.2. The standard InChI is InChI=1S/C15H22BrFN2/c1-10(2)14-9-19(11(3)7-18-14)8-12-5-4-6-13(17)15(12)16/h4-6,10-11,14,18H,7-9H2,1-3H3. The predicted octanol–water partition coefficient (Wildman–Crippen LogP) is 3.41. The van der Waals surface area contributed by atoms with Gasteiger partial charge in [0.2, 0.25) is 0 Å². The summed E-state index contributed by atoms with van der Waals surface area (Å²) in [7, 11) is 0. The van der Waals surface area contributed by atoms with E-state index in [1.807, 2.05) is 6.07 Å². The van der Waals surface area contributed by atoms with Gasteiger partial charge < -0.3 is 5.32 Å². The molecule has 1 aromatic rings. The number of nitrogens with zero attached hydrogens (tertiary/aromatic N) is 1. The Bertz CT molecular complexity index is 436. The minimum absolute atomic E-state index is 0.180. The van der Waals surface area contributed by atoms with Gasteiger partial charge in [-0.25, -0.2) is 4.39 Å². The number of hydrogen-bond donors (Lipinski definition) is 1. The summed E-state index contributed by atoms with van der Waals surface area (Å²) in [5.74, 6) is 0.437. The van der Waals surface area contributed by atoms with Gasteiger partial charge in [0.25, 0.3) is 0 Å². The van der Waals surface area contributed by atoms with Crippen molar-refractivity contribution in [3.63, 3.8) is 0 Å². The molecule has 1 fully saturated rings. The average Bonchev–Trinajstić information content (AvgIpc) is 2.37. The van der Waals surface area contributed by atoms with Crippen molar-refractivity contribution in [2.75, 3.05) is 13.1 Å². The molecule has 1 N–H and O–H groups in total. The largest absolute Gasteiger partial charge is 0.311 e. The minimum atomic E-state index is -0.180. The monoisotopic (exact) mass is 328 g/mol. The molecule has 0 aliphatic carbocycles. The van der Waals surface area contributed by atoms with Crippen LogP contribution in [0.1, 0.15) is 26.3 Å². The van der Waals surface area contributed by atoms with Gasteiger partial charge in [-0.1, -0.05) is 26.0 Å². The predicted molar refractivity (Wildman–Crippen MR) is 80.6 cm³/mol. The molecule has 0 saturated carbocycles. The van der Waals surface area contributed by atoms with Crippen LogP contribution in [0.3, 0.4) is 0 Å². The Morgan fingerprint density at radius 1 is 1.47 bits per heavy atom. The van der Waals surface area contributed by atoms with Crippen LogP contribution in [0.25, 0.3) is 0 Å². The van der Waals surface area contributed by atoms with E-state index in [2.05, 4.69) is 46.9 Å². The highest BCUT2D eigenvalue weighted by atomic mass is 79.9. The maximum Gasteiger partial charge on any atom is 0.137 e. The molecule has 0 amide bonds. The molecule has 1 aliphatic heterocycles. The van der Waals surface area contributed by atoms with Crippen molar-refractivity contribution >= 4 is 15.9 Å². The third kappa shape index (κ3) is 3.56. The maximum atomic E-state index is 13.6. The van der Waals surface area contributed by atoms with Gasteiger partial charge >= 0.3 is 0 Å². The van der Waals surface area contributed by atoms with E-state index in [4.69, 9.17) is 0 Å². The molecule has 0 spiro atoms. The molecule has 19 heavy (non-hydrogen) atoms. The number of nitrogens with one attached hydrogen (secondary N) is 1. The fourth-order valence-corrected chi connectivity index (χ4v) is 2.89. The topological polar surface area (TPSA) is 15.3 Å². The van der Waals surface area contributed by atoms with Crippen molar-refractivity contribution in [1.29, 1.82) is 0 Å². The first kappa shape index (κ1) is 14.9. The van der Waals surface area contributed by atoms with Crippen molar-refractivity contribution in [2.24, 2.45) is 5.92 Å². The zero-order valence-corrected chi connectivity index (χ0v) is 13.4. The lowest BCUT2D eigenvalue weighted by Gasteiger charge is -2.40. The molecule has 4 heteroatoms. The summed E-state index contributed by atoms with van der Waals surface area (Å²) in [4.78, 5) is 2.43. The number of rotatable bonds is 3. The van der Waals surface area contributed by atoms with Gasteiger partial charge in [0.05, 0.1) is 4.47 Å². The Kier molecular flexibility index (Phi) is 4.98. The Hall–Kier alpha value is -0.450. The molecule has 2 nitrogen and oxygen atoms in total. The summed E-state index contributed by atoms with van der Waals surface area (Å²) in [5, 5.41) is 3.58. The van der Waals surface area contributed by atoms with Crippen LogP contribution in [0.2, 0.25) is 0 Å². The number of piperazine rings is 1. The van der Waals surface area contributed by atoms with Crippen LogP contribution in [0.5, 0.6) is 0 Å². The number of hydrogen-bond acceptors (Lipinski definition) is 2. The average molecular weight is 329 g/mol. The van der Waals surface area contributed by atoms with E-state index in [1.54, 1.807) is 6.07 Å². The minimum Gasteiger partial charge on any atom is -0.311 e. The SMILES string of the molecule is CC(C)C1CN(Cc2cccc(F)c2Br)C(C)CN1. The van der Waals surface area contributed by atoms with Gasteiger partial charge in [0.1, 0.15) is 5.82 Å². The van der Waals surface area contributed by atoms with E-state index in [1.165, 1.54) is 6.07 Å². The molecule has 1 saturated heterocycles. The van der Waals surface area contributed by atoms with Gasteiger partial charge in [-0.3, -0.25) is 4.90 Å². The summed E-state index contributed by atoms with van der Waals surface area (Å²) in [6.45, 7) is 9.51. The smallest absolute Gasteiger partial charge is 0.137 e. The zero-order valence-electron chi connectivity index (χ0n) is 11.8. The highest BCUT2D eigenvalue weighted by Crippen LogP contribution is 2.24. The van der Waals surface area contributed by atoms with Gasteiger partial charge in [-0.2, -0.15) is 0 Å². The molecule has 106 valence electrons. The first-order valence-corrected chi connectivity index (χ1v) is 7.68. The molecule has 1 aliphatic rings. The van der Waals surface area contributed by atoms with Crippen LogP contribution >= 0.6 is 15.9 Å². The Balaban J connectivity index is 2.10. The van der Waals surface area contributed by atoms with Crippen LogP contribution in [0, 0.1) is 11.7 Å². The fraction of sp³-hybridized carbons (Fsp3) is 0.600. The molecule has 1 heterocycles. The Labute approximate surface area is 123 Å². The molecule has 2 rings (SSSR count). The van der Waals surface area contributed by atoms with Gasteiger partial charge in [0, 0.05) is 31.7 Å². The quantitative estimate of drug-likeness (QED) is 0.914. The zero-order chi connectivity index (χ0) is 14.0. The van der Waals surface area contributed by atoms with Gasteiger partial charge in [-0.15, -0.1) is 0 Å². The van der Waals surface area contributed by atoms with E-state index < -0.39 is 0 Å². The molecule has 2 unspecified atom stereocenters. The van der Waals surface area contributed by atoms with Crippen LogP contribution in [-0.4, -0.2) is 30.1 Å². The molecule has 2 atom stereocenters. The maximum absolute atomic E-state index is 13.6. The van der Waals surface area contributed by atoms with Crippen molar-refractivity contribution in [3.05, 3.63) is 34.1 Å². The van der Waals surface area contributed by atoms with Crippen LogP contribution < -0.4 is 5.32 Å². The first-order valence-electron chi connectivity index (χ1n) is 6.89. The number of benzene rings is 1. The summed E-state index contributed by atoms with van der Waals surface area (Å²) in [6.07, 6.45) is 0. The normalized spacial score (nSPS) is 24.9. The molecular formula is C15H22BrFN2. The molecule has 0 bridgehead atoms. The second-order valence-corrected chi connectivity index (χ2v) is 6.54. The van der Waals surface area contributed by atoms with Crippen molar-refractivity contribution in [2.45, 2.75) is 39.4 Å². The van der Waals surface area contributed by atoms with Crippen molar-refractivity contribution in [3.8, 4) is 0 Å². The molecule has 0 radical (unpaired) electrons. The van der Waals surface area contributed by atoms with E-state index in [9.17, 15) is 4.39 Å². The van der Waals surface area contributed by atoms with E-state index in [0.717, 1.165) is 25.2 Å². The molecule has 0 aromatic heterocycles. The third-order valence-electron chi connectivity index (χ3n) is 3.94. The molecular weight excluding hydrogens is 307 g/mol. The van der Waals surface area contributed by atoms with Crippen molar-refractivity contribution < 1.29 is 4.39 Å². The third-order valence-corrected chi connectivity index (χ3v) is 4.83. The Morgan fingerprint density at radius 3 is 2.89 bits per heavy atom. The van der Waals surface area contributed by atoms with Crippen molar-refractivity contribution in [1.82, 2.24) is 10.2 Å². The lowest BCUT2D eigenvalue weighted by Crippen LogP contribution is -2.56. The van der Waals surface area contributed by atoms with E-state index >= 15 is 0 Å². The molecule has 1 aromatic carbocycles. The first-order chi connectivity index (χ1) is 8.99. The van der Waals surface area contributed by atoms with E-state index in [0.29, 0.717) is 22.5 Å². The second-order valence-electron chi connectivity index (χ2n) is 5.75. The van der Waals surface area contributed by atoms with Gasteiger partial charge in [-0.05, 0) is 40.4 Å². The van der Waals surface area contributed by atoms with E-state index in [-0.39, 0.29) is 5.82 Å². The van der Waals surface area contributed by atoms with Crippen LogP contribution in [0.4, 0.5) is 4.39 Å². The summed E-state index contributed by atoms with van der Waals surface area (Å²) in [5.41, 5.74) is 1.02. The fourth-order valence-electron chi connectivity index (χ4n) is 2.50.